The summed E-state index contributed by atoms with van der Waals surface area (Å²) in [5.41, 5.74) is -0.0764. The van der Waals surface area contributed by atoms with Crippen LogP contribution in [0.1, 0.15) is 33.6 Å². The molecule has 1 aliphatic rings. The van der Waals surface area contributed by atoms with Crippen molar-refractivity contribution in [1.82, 2.24) is 5.32 Å². The van der Waals surface area contributed by atoms with E-state index in [1.54, 1.807) is 0 Å². The standard InChI is InChI=1S/C8H14N2O/c1-8(2,3)10-6-4-5-7(11)9-6/h4-5H2,1-3H3,(H,9,10,11). The first-order valence-electron chi connectivity index (χ1n) is 3.86. The quantitative estimate of drug-likeness (QED) is 0.557. The molecule has 0 aromatic heterocycles. The molecular weight excluding hydrogens is 140 g/mol. The summed E-state index contributed by atoms with van der Waals surface area (Å²) in [6, 6.07) is 0. The van der Waals surface area contributed by atoms with Crippen molar-refractivity contribution in [2.45, 2.75) is 39.2 Å². The molecule has 3 nitrogen and oxygen atoms in total. The summed E-state index contributed by atoms with van der Waals surface area (Å²) >= 11 is 0. The summed E-state index contributed by atoms with van der Waals surface area (Å²) in [4.78, 5) is 15.1. The molecule has 0 radical (unpaired) electrons. The third-order valence-electron chi connectivity index (χ3n) is 1.34. The first kappa shape index (κ1) is 8.24. The Kier molecular flexibility index (Phi) is 1.98. The van der Waals surface area contributed by atoms with E-state index in [0.29, 0.717) is 6.42 Å². The number of amides is 1. The van der Waals surface area contributed by atoms with E-state index in [9.17, 15) is 4.79 Å². The van der Waals surface area contributed by atoms with Crippen molar-refractivity contribution >= 4 is 11.7 Å². The molecule has 1 rings (SSSR count). The number of amidine groups is 1. The molecule has 1 heterocycles. The van der Waals surface area contributed by atoms with Gasteiger partial charge in [-0.05, 0) is 20.8 Å². The van der Waals surface area contributed by atoms with E-state index >= 15 is 0 Å². The molecule has 0 aliphatic carbocycles. The molecule has 1 saturated heterocycles. The lowest BCUT2D eigenvalue weighted by Gasteiger charge is -2.12. The molecule has 1 aliphatic heterocycles. The fourth-order valence-corrected chi connectivity index (χ4v) is 1.01. The number of aliphatic imine (C=N–C) groups is 1. The number of hydrogen-bond donors (Lipinski definition) is 1. The van der Waals surface area contributed by atoms with Gasteiger partial charge in [0.1, 0.15) is 5.84 Å². The summed E-state index contributed by atoms with van der Waals surface area (Å²) in [6.45, 7) is 6.05. The van der Waals surface area contributed by atoms with Gasteiger partial charge in [-0.15, -0.1) is 0 Å². The van der Waals surface area contributed by atoms with Crippen molar-refractivity contribution in [2.75, 3.05) is 0 Å². The van der Waals surface area contributed by atoms with Crippen LogP contribution in [0.5, 0.6) is 0 Å². The van der Waals surface area contributed by atoms with E-state index < -0.39 is 0 Å². The molecule has 0 aromatic rings. The highest BCUT2D eigenvalue weighted by atomic mass is 16.1. The van der Waals surface area contributed by atoms with Gasteiger partial charge in [-0.1, -0.05) is 0 Å². The summed E-state index contributed by atoms with van der Waals surface area (Å²) < 4.78 is 0. The van der Waals surface area contributed by atoms with Gasteiger partial charge >= 0.3 is 0 Å². The zero-order chi connectivity index (χ0) is 8.48. The fraction of sp³-hybridized carbons (Fsp3) is 0.750. The number of nitrogens with zero attached hydrogens (tertiary/aromatic N) is 1. The van der Waals surface area contributed by atoms with Crippen molar-refractivity contribution in [3.05, 3.63) is 0 Å². The maximum absolute atomic E-state index is 10.7. The van der Waals surface area contributed by atoms with Crippen LogP contribution in [0.4, 0.5) is 0 Å². The van der Waals surface area contributed by atoms with Crippen LogP contribution in [-0.2, 0) is 4.79 Å². The molecule has 3 heteroatoms. The summed E-state index contributed by atoms with van der Waals surface area (Å²) in [5, 5.41) is 2.72. The maximum atomic E-state index is 10.7. The minimum absolute atomic E-state index is 0.0764. The summed E-state index contributed by atoms with van der Waals surface area (Å²) in [5.74, 6) is 0.926. The van der Waals surface area contributed by atoms with E-state index in [2.05, 4.69) is 10.3 Å². The van der Waals surface area contributed by atoms with Crippen LogP contribution in [0.25, 0.3) is 0 Å². The van der Waals surface area contributed by atoms with Gasteiger partial charge in [0.25, 0.3) is 0 Å². The Morgan fingerprint density at radius 3 is 2.36 bits per heavy atom. The van der Waals surface area contributed by atoms with Gasteiger partial charge < -0.3 is 5.32 Å². The van der Waals surface area contributed by atoms with Crippen LogP contribution >= 0.6 is 0 Å². The molecule has 62 valence electrons. The Balaban J connectivity index is 2.62. The van der Waals surface area contributed by atoms with E-state index in [0.717, 1.165) is 12.3 Å². The van der Waals surface area contributed by atoms with Gasteiger partial charge in [-0.25, -0.2) is 0 Å². The second kappa shape index (κ2) is 2.64. The summed E-state index contributed by atoms with van der Waals surface area (Å²) in [7, 11) is 0. The Hall–Kier alpha value is -0.860. The number of nitrogens with one attached hydrogen (secondary N) is 1. The molecule has 1 amide bonds. The van der Waals surface area contributed by atoms with Gasteiger partial charge in [-0.2, -0.15) is 0 Å². The number of carbonyl (C=O) groups is 1. The normalized spacial score (nSPS) is 22.5. The second-order valence-electron chi connectivity index (χ2n) is 3.78. The fourth-order valence-electron chi connectivity index (χ4n) is 1.01. The highest BCUT2D eigenvalue weighted by molar-refractivity contribution is 6.04. The van der Waals surface area contributed by atoms with Gasteiger partial charge in [0.2, 0.25) is 5.91 Å². The van der Waals surface area contributed by atoms with Crippen molar-refractivity contribution in [3.8, 4) is 0 Å². The topological polar surface area (TPSA) is 41.5 Å². The molecule has 0 atom stereocenters. The van der Waals surface area contributed by atoms with Crippen molar-refractivity contribution in [2.24, 2.45) is 4.99 Å². The minimum atomic E-state index is -0.0764. The molecule has 0 unspecified atom stereocenters. The van der Waals surface area contributed by atoms with E-state index in [-0.39, 0.29) is 11.4 Å². The van der Waals surface area contributed by atoms with Crippen LogP contribution in [0.2, 0.25) is 0 Å². The maximum Gasteiger partial charge on any atom is 0.225 e. The lowest BCUT2D eigenvalue weighted by molar-refractivity contribution is -0.118. The van der Waals surface area contributed by atoms with Crippen LogP contribution in [0, 0.1) is 0 Å². The largest absolute Gasteiger partial charge is 0.314 e. The molecule has 0 spiro atoms. The molecule has 1 fully saturated rings. The Morgan fingerprint density at radius 1 is 1.36 bits per heavy atom. The monoisotopic (exact) mass is 154 g/mol. The Bertz CT molecular complexity index is 201. The van der Waals surface area contributed by atoms with E-state index in [1.807, 2.05) is 20.8 Å². The van der Waals surface area contributed by atoms with E-state index in [4.69, 9.17) is 0 Å². The number of hydrogen-bond acceptors (Lipinski definition) is 2. The van der Waals surface area contributed by atoms with Crippen molar-refractivity contribution in [1.29, 1.82) is 0 Å². The predicted molar refractivity (Wildman–Crippen MR) is 44.6 cm³/mol. The number of rotatable bonds is 0. The van der Waals surface area contributed by atoms with Crippen LogP contribution in [-0.4, -0.2) is 17.3 Å². The van der Waals surface area contributed by atoms with Crippen LogP contribution in [0.15, 0.2) is 4.99 Å². The molecule has 1 N–H and O–H groups in total. The van der Waals surface area contributed by atoms with Crippen LogP contribution < -0.4 is 5.32 Å². The average molecular weight is 154 g/mol. The first-order valence-corrected chi connectivity index (χ1v) is 3.86. The van der Waals surface area contributed by atoms with Gasteiger partial charge in [-0.3, -0.25) is 9.79 Å². The van der Waals surface area contributed by atoms with E-state index in [1.165, 1.54) is 0 Å². The first-order chi connectivity index (χ1) is 4.97. The summed E-state index contributed by atoms with van der Waals surface area (Å²) in [6.07, 6.45) is 1.37. The lowest BCUT2D eigenvalue weighted by atomic mass is 10.1. The molecule has 11 heavy (non-hydrogen) atoms. The molecule has 0 aromatic carbocycles. The molecule has 0 bridgehead atoms. The SMILES string of the molecule is CC(C)(C)N=C1CCC(=O)N1. The zero-order valence-corrected chi connectivity index (χ0v) is 7.27. The molecule has 0 saturated carbocycles. The second-order valence-corrected chi connectivity index (χ2v) is 3.78. The predicted octanol–water partition coefficient (Wildman–Crippen LogP) is 1.09. The smallest absolute Gasteiger partial charge is 0.225 e. The third-order valence-corrected chi connectivity index (χ3v) is 1.34. The van der Waals surface area contributed by atoms with Crippen LogP contribution in [0.3, 0.4) is 0 Å². The highest BCUT2D eigenvalue weighted by Crippen LogP contribution is 2.10. The molecular formula is C8H14N2O. The Labute approximate surface area is 66.9 Å². The van der Waals surface area contributed by atoms with Gasteiger partial charge in [0.05, 0.1) is 5.54 Å². The van der Waals surface area contributed by atoms with Crippen molar-refractivity contribution < 1.29 is 4.79 Å². The Morgan fingerprint density at radius 2 is 2.00 bits per heavy atom. The average Bonchev–Trinajstić information content (AvgIpc) is 2.10. The lowest BCUT2D eigenvalue weighted by Crippen LogP contribution is -2.24. The number of carbonyl (C=O) groups excluding carboxylic acids is 1. The van der Waals surface area contributed by atoms with Gasteiger partial charge in [0, 0.05) is 12.8 Å². The zero-order valence-electron chi connectivity index (χ0n) is 7.27. The third kappa shape index (κ3) is 2.70. The van der Waals surface area contributed by atoms with Crippen molar-refractivity contribution in [3.63, 3.8) is 0 Å². The highest BCUT2D eigenvalue weighted by Gasteiger charge is 2.18. The minimum Gasteiger partial charge on any atom is -0.314 e. The van der Waals surface area contributed by atoms with Gasteiger partial charge in [0.15, 0.2) is 0 Å².